The summed E-state index contributed by atoms with van der Waals surface area (Å²) in [5.41, 5.74) is 0.758. The third kappa shape index (κ3) is 4.16. The van der Waals surface area contributed by atoms with E-state index < -0.39 is 11.9 Å². The number of fused-ring (bicyclic) bond motifs is 1. The fourth-order valence-electron chi connectivity index (χ4n) is 2.42. The van der Waals surface area contributed by atoms with Crippen LogP contribution < -0.4 is 10.1 Å². The molecule has 0 fully saturated rings. The standard InChI is InChI=1S/C19H18FNO4/c1-23-18(17-10-13-6-2-4-8-15(13)25-17)11-21-19(22)12-24-16-9-5-3-7-14(16)20/h2-10,18H,11-12H2,1H3,(H,21,22)/t18-/m1/s1. The largest absolute Gasteiger partial charge is 0.481 e. The number of benzene rings is 2. The highest BCUT2D eigenvalue weighted by Gasteiger charge is 2.17. The van der Waals surface area contributed by atoms with Gasteiger partial charge in [0.25, 0.3) is 5.91 Å². The Morgan fingerprint density at radius 3 is 2.72 bits per heavy atom. The predicted molar refractivity (Wildman–Crippen MR) is 90.9 cm³/mol. The van der Waals surface area contributed by atoms with E-state index >= 15 is 0 Å². The maximum Gasteiger partial charge on any atom is 0.258 e. The van der Waals surface area contributed by atoms with Crippen LogP contribution in [-0.2, 0) is 9.53 Å². The van der Waals surface area contributed by atoms with Crippen molar-refractivity contribution in [2.45, 2.75) is 6.10 Å². The van der Waals surface area contributed by atoms with Gasteiger partial charge in [-0.25, -0.2) is 4.39 Å². The van der Waals surface area contributed by atoms with Crippen LogP contribution in [0, 0.1) is 5.82 Å². The van der Waals surface area contributed by atoms with Gasteiger partial charge in [0.15, 0.2) is 18.2 Å². The van der Waals surface area contributed by atoms with E-state index in [-0.39, 0.29) is 24.8 Å². The molecule has 1 atom stereocenters. The summed E-state index contributed by atoms with van der Waals surface area (Å²) in [6, 6.07) is 15.4. The Balaban J connectivity index is 1.55. The Hall–Kier alpha value is -2.86. The van der Waals surface area contributed by atoms with Crippen LogP contribution in [0.15, 0.2) is 59.0 Å². The maximum absolute atomic E-state index is 13.4. The molecule has 0 saturated carbocycles. The van der Waals surface area contributed by atoms with Gasteiger partial charge in [-0.3, -0.25) is 4.79 Å². The van der Waals surface area contributed by atoms with Crippen molar-refractivity contribution in [1.29, 1.82) is 0 Å². The molecule has 5 nitrogen and oxygen atoms in total. The third-order valence-electron chi connectivity index (χ3n) is 3.73. The normalized spacial score (nSPS) is 12.1. The van der Waals surface area contributed by atoms with Crippen molar-refractivity contribution in [2.24, 2.45) is 0 Å². The van der Waals surface area contributed by atoms with Crippen LogP contribution in [0.25, 0.3) is 11.0 Å². The van der Waals surface area contributed by atoms with Gasteiger partial charge in [0.1, 0.15) is 17.4 Å². The lowest BCUT2D eigenvalue weighted by atomic mass is 10.2. The minimum atomic E-state index is -0.507. The molecule has 0 radical (unpaired) electrons. The second-order valence-corrected chi connectivity index (χ2v) is 5.43. The van der Waals surface area contributed by atoms with Gasteiger partial charge in [-0.2, -0.15) is 0 Å². The molecule has 1 heterocycles. The Kier molecular flexibility index (Phi) is 5.30. The van der Waals surface area contributed by atoms with E-state index in [1.807, 2.05) is 30.3 Å². The van der Waals surface area contributed by atoms with Crippen molar-refractivity contribution < 1.29 is 23.1 Å². The van der Waals surface area contributed by atoms with Crippen LogP contribution in [0.1, 0.15) is 11.9 Å². The average molecular weight is 343 g/mol. The number of methoxy groups -OCH3 is 1. The fourth-order valence-corrected chi connectivity index (χ4v) is 2.42. The first-order valence-electron chi connectivity index (χ1n) is 7.82. The summed E-state index contributed by atoms with van der Waals surface area (Å²) >= 11 is 0. The summed E-state index contributed by atoms with van der Waals surface area (Å²) in [6.45, 7) is -0.0622. The minimum Gasteiger partial charge on any atom is -0.481 e. The van der Waals surface area contributed by atoms with Crippen molar-refractivity contribution in [3.63, 3.8) is 0 Å². The quantitative estimate of drug-likeness (QED) is 0.714. The smallest absolute Gasteiger partial charge is 0.258 e. The van der Waals surface area contributed by atoms with E-state index in [0.717, 1.165) is 11.0 Å². The molecule has 1 amide bonds. The summed E-state index contributed by atoms with van der Waals surface area (Å²) in [5, 5.41) is 3.66. The number of hydrogen-bond acceptors (Lipinski definition) is 4. The van der Waals surface area contributed by atoms with Crippen molar-refractivity contribution in [3.05, 3.63) is 66.2 Å². The van der Waals surface area contributed by atoms with Gasteiger partial charge < -0.3 is 19.2 Å². The molecular weight excluding hydrogens is 325 g/mol. The van der Waals surface area contributed by atoms with Crippen molar-refractivity contribution in [2.75, 3.05) is 20.3 Å². The van der Waals surface area contributed by atoms with Gasteiger partial charge in [0, 0.05) is 12.5 Å². The Morgan fingerprint density at radius 1 is 1.20 bits per heavy atom. The van der Waals surface area contributed by atoms with Crippen LogP contribution in [0.2, 0.25) is 0 Å². The summed E-state index contributed by atoms with van der Waals surface area (Å²) in [7, 11) is 1.54. The predicted octanol–water partition coefficient (Wildman–Crippen LogP) is 3.45. The molecule has 0 aliphatic carbocycles. The van der Waals surface area contributed by atoms with Crippen LogP contribution in [-0.4, -0.2) is 26.2 Å². The molecule has 0 saturated heterocycles. The number of furan rings is 1. The van der Waals surface area contributed by atoms with E-state index in [9.17, 15) is 9.18 Å². The van der Waals surface area contributed by atoms with E-state index in [2.05, 4.69) is 5.32 Å². The molecule has 6 heteroatoms. The number of ether oxygens (including phenoxy) is 2. The number of amides is 1. The van der Waals surface area contributed by atoms with Crippen molar-refractivity contribution in [1.82, 2.24) is 5.32 Å². The van der Waals surface area contributed by atoms with Crippen molar-refractivity contribution >= 4 is 16.9 Å². The molecule has 3 rings (SSSR count). The number of para-hydroxylation sites is 2. The minimum absolute atomic E-state index is 0.0400. The highest BCUT2D eigenvalue weighted by Crippen LogP contribution is 2.25. The first-order valence-corrected chi connectivity index (χ1v) is 7.82. The van der Waals surface area contributed by atoms with E-state index in [1.165, 1.54) is 12.1 Å². The van der Waals surface area contributed by atoms with Crippen LogP contribution in [0.4, 0.5) is 4.39 Å². The lowest BCUT2D eigenvalue weighted by molar-refractivity contribution is -0.123. The van der Waals surface area contributed by atoms with Gasteiger partial charge in [-0.15, -0.1) is 0 Å². The van der Waals surface area contributed by atoms with Crippen LogP contribution in [0.5, 0.6) is 5.75 Å². The molecule has 130 valence electrons. The zero-order valence-corrected chi connectivity index (χ0v) is 13.7. The summed E-state index contributed by atoms with van der Waals surface area (Å²) in [6.07, 6.45) is -0.426. The van der Waals surface area contributed by atoms with E-state index in [4.69, 9.17) is 13.9 Å². The fraction of sp³-hybridized carbons (Fsp3) is 0.211. The number of carbonyl (C=O) groups is 1. The number of rotatable bonds is 7. The molecule has 0 aliphatic rings. The lowest BCUT2D eigenvalue weighted by Gasteiger charge is -2.14. The molecule has 2 aromatic carbocycles. The molecule has 0 aliphatic heterocycles. The first kappa shape index (κ1) is 17.0. The summed E-state index contributed by atoms with van der Waals surface area (Å²) < 4.78 is 29.7. The highest BCUT2D eigenvalue weighted by molar-refractivity contribution is 5.78. The van der Waals surface area contributed by atoms with E-state index in [1.54, 1.807) is 19.2 Å². The number of nitrogens with one attached hydrogen (secondary N) is 1. The summed E-state index contributed by atoms with van der Waals surface area (Å²) in [5.74, 6) is -0.217. The van der Waals surface area contributed by atoms with Crippen LogP contribution >= 0.6 is 0 Å². The molecule has 1 aromatic heterocycles. The maximum atomic E-state index is 13.4. The summed E-state index contributed by atoms with van der Waals surface area (Å²) in [4.78, 5) is 11.9. The number of halogens is 1. The van der Waals surface area contributed by atoms with Gasteiger partial charge in [0.05, 0.1) is 6.54 Å². The van der Waals surface area contributed by atoms with Gasteiger partial charge in [-0.05, 0) is 24.3 Å². The Labute approximate surface area is 144 Å². The topological polar surface area (TPSA) is 60.7 Å². The van der Waals surface area contributed by atoms with Gasteiger partial charge >= 0.3 is 0 Å². The second-order valence-electron chi connectivity index (χ2n) is 5.43. The second kappa shape index (κ2) is 7.81. The molecule has 0 unspecified atom stereocenters. The third-order valence-corrected chi connectivity index (χ3v) is 3.73. The molecule has 0 spiro atoms. The number of hydrogen-bond donors (Lipinski definition) is 1. The van der Waals surface area contributed by atoms with Crippen LogP contribution in [0.3, 0.4) is 0 Å². The number of carbonyl (C=O) groups excluding carboxylic acids is 1. The molecular formula is C19H18FNO4. The molecule has 0 bridgehead atoms. The molecule has 25 heavy (non-hydrogen) atoms. The van der Waals surface area contributed by atoms with Gasteiger partial charge in [0.2, 0.25) is 0 Å². The zero-order chi connectivity index (χ0) is 17.6. The first-order chi connectivity index (χ1) is 12.2. The zero-order valence-electron chi connectivity index (χ0n) is 13.7. The SMILES string of the molecule is CO[C@H](CNC(=O)COc1ccccc1F)c1cc2ccccc2o1. The molecule has 3 aromatic rings. The Morgan fingerprint density at radius 2 is 1.96 bits per heavy atom. The molecule has 1 N–H and O–H groups in total. The monoisotopic (exact) mass is 343 g/mol. The highest BCUT2D eigenvalue weighted by atomic mass is 19.1. The van der Waals surface area contributed by atoms with Crippen molar-refractivity contribution in [3.8, 4) is 5.75 Å². The average Bonchev–Trinajstić information content (AvgIpc) is 3.05. The van der Waals surface area contributed by atoms with Gasteiger partial charge in [-0.1, -0.05) is 30.3 Å². The van der Waals surface area contributed by atoms with E-state index in [0.29, 0.717) is 5.76 Å². The lowest BCUT2D eigenvalue weighted by Crippen LogP contribution is -2.33. The Bertz CT molecular complexity index is 828.